The van der Waals surface area contributed by atoms with Crippen molar-refractivity contribution in [2.75, 3.05) is 43.4 Å². The van der Waals surface area contributed by atoms with Crippen LogP contribution in [-0.4, -0.2) is 63.8 Å². The molecule has 0 radical (unpaired) electrons. The number of nitrogens with one attached hydrogen (secondary N) is 1. The molecule has 8 nitrogen and oxygen atoms in total. The van der Waals surface area contributed by atoms with E-state index in [0.29, 0.717) is 5.95 Å². The second-order valence-electron chi connectivity index (χ2n) is 7.99. The number of aromatic carboxylic acids is 1. The van der Waals surface area contributed by atoms with Crippen molar-refractivity contribution in [1.82, 2.24) is 19.5 Å². The highest BCUT2D eigenvalue weighted by Crippen LogP contribution is 2.24. The third kappa shape index (κ3) is 4.00. The van der Waals surface area contributed by atoms with Gasteiger partial charge in [0.1, 0.15) is 0 Å². The number of nitrogens with zero attached hydrogens (tertiary/aromatic N) is 5. The van der Waals surface area contributed by atoms with Gasteiger partial charge in [-0.3, -0.25) is 0 Å². The summed E-state index contributed by atoms with van der Waals surface area (Å²) in [6.45, 7) is 4.20. The Morgan fingerprint density at radius 3 is 2.53 bits per heavy atom. The average Bonchev–Trinajstić information content (AvgIpc) is 3.23. The minimum absolute atomic E-state index is 0.241. The molecule has 1 aliphatic rings. The maximum Gasteiger partial charge on any atom is 0.335 e. The van der Waals surface area contributed by atoms with E-state index in [1.54, 1.807) is 28.9 Å². The number of anilines is 3. The van der Waals surface area contributed by atoms with Gasteiger partial charge in [-0.25, -0.2) is 14.3 Å². The molecule has 162 valence electrons. The average molecular weight is 428 g/mol. The van der Waals surface area contributed by atoms with E-state index in [1.165, 1.54) is 5.69 Å². The minimum atomic E-state index is -0.954. The Bertz CT molecular complexity index is 1260. The Kier molecular flexibility index (Phi) is 5.20. The second kappa shape index (κ2) is 8.32. The first-order valence-corrected chi connectivity index (χ1v) is 10.6. The van der Waals surface area contributed by atoms with Gasteiger partial charge >= 0.3 is 5.97 Å². The molecule has 0 unspecified atom stereocenters. The normalized spacial score (nSPS) is 14.6. The fourth-order valence-electron chi connectivity index (χ4n) is 3.94. The molecule has 0 saturated carbocycles. The fourth-order valence-corrected chi connectivity index (χ4v) is 3.94. The van der Waals surface area contributed by atoms with Gasteiger partial charge in [-0.1, -0.05) is 12.1 Å². The third-order valence-corrected chi connectivity index (χ3v) is 5.80. The Morgan fingerprint density at radius 1 is 1.00 bits per heavy atom. The zero-order chi connectivity index (χ0) is 22.1. The van der Waals surface area contributed by atoms with Crippen LogP contribution in [0.3, 0.4) is 0 Å². The number of carboxylic acid groups (broad SMARTS) is 1. The molecule has 2 N–H and O–H groups in total. The van der Waals surface area contributed by atoms with Crippen LogP contribution in [0, 0.1) is 0 Å². The molecule has 4 aromatic rings. The lowest BCUT2D eigenvalue weighted by atomic mass is 10.1. The number of benzene rings is 2. The van der Waals surface area contributed by atoms with Gasteiger partial charge in [0.05, 0.1) is 23.0 Å². The van der Waals surface area contributed by atoms with Crippen LogP contribution in [0.2, 0.25) is 0 Å². The number of rotatable bonds is 5. The molecule has 2 aromatic carbocycles. The smallest absolute Gasteiger partial charge is 0.335 e. The highest BCUT2D eigenvalue weighted by molar-refractivity contribution is 5.89. The molecule has 0 bridgehead atoms. The summed E-state index contributed by atoms with van der Waals surface area (Å²) in [6, 6.07) is 19.0. The summed E-state index contributed by atoms with van der Waals surface area (Å²) in [7, 11) is 2.15. The first-order valence-electron chi connectivity index (χ1n) is 10.6. The van der Waals surface area contributed by atoms with E-state index in [0.717, 1.165) is 48.6 Å². The van der Waals surface area contributed by atoms with E-state index in [9.17, 15) is 9.90 Å². The molecule has 1 saturated heterocycles. The Hall–Kier alpha value is -3.91. The zero-order valence-corrected chi connectivity index (χ0v) is 17.8. The monoisotopic (exact) mass is 428 g/mol. The Balaban J connectivity index is 1.38. The quantitative estimate of drug-likeness (QED) is 0.502. The molecule has 32 heavy (non-hydrogen) atoms. The standard InChI is InChI=1S/C24H24N6O2/c1-28-11-13-29(14-12-28)20-7-5-19(6-8-20)26-24-25-16-21-9-10-22(30(21)27-24)17-3-2-4-18(15-17)23(31)32/h2-10,15-16H,11-14H2,1H3,(H,26,27)(H,31,32). The summed E-state index contributed by atoms with van der Waals surface area (Å²) in [4.78, 5) is 20.5. The molecule has 5 rings (SSSR count). The molecule has 0 amide bonds. The van der Waals surface area contributed by atoms with Gasteiger partial charge in [0.15, 0.2) is 0 Å². The maximum atomic E-state index is 11.3. The van der Waals surface area contributed by atoms with Gasteiger partial charge < -0.3 is 20.2 Å². The van der Waals surface area contributed by atoms with Gasteiger partial charge in [0.25, 0.3) is 0 Å². The number of piperazine rings is 1. The number of aromatic nitrogens is 3. The second-order valence-corrected chi connectivity index (χ2v) is 7.99. The number of carboxylic acids is 1. The lowest BCUT2D eigenvalue weighted by molar-refractivity contribution is 0.0697. The van der Waals surface area contributed by atoms with Crippen LogP contribution in [0.15, 0.2) is 66.9 Å². The highest BCUT2D eigenvalue weighted by atomic mass is 16.4. The van der Waals surface area contributed by atoms with E-state index in [2.05, 4.69) is 44.4 Å². The van der Waals surface area contributed by atoms with Gasteiger partial charge in [0.2, 0.25) is 5.95 Å². The summed E-state index contributed by atoms with van der Waals surface area (Å²) in [6.07, 6.45) is 1.75. The van der Waals surface area contributed by atoms with Crippen LogP contribution < -0.4 is 10.2 Å². The summed E-state index contributed by atoms with van der Waals surface area (Å²) < 4.78 is 1.77. The van der Waals surface area contributed by atoms with Crippen molar-refractivity contribution in [3.63, 3.8) is 0 Å². The summed E-state index contributed by atoms with van der Waals surface area (Å²) in [5.41, 5.74) is 4.78. The van der Waals surface area contributed by atoms with E-state index in [-0.39, 0.29) is 5.56 Å². The fraction of sp³-hybridized carbons (Fsp3) is 0.208. The third-order valence-electron chi connectivity index (χ3n) is 5.80. The Morgan fingerprint density at radius 2 is 1.78 bits per heavy atom. The molecule has 1 fully saturated rings. The first-order chi connectivity index (χ1) is 15.6. The van der Waals surface area contributed by atoms with Crippen LogP contribution in [0.5, 0.6) is 0 Å². The topological polar surface area (TPSA) is 86.0 Å². The van der Waals surface area contributed by atoms with Gasteiger partial charge in [-0.2, -0.15) is 0 Å². The van der Waals surface area contributed by atoms with E-state index in [1.807, 2.05) is 30.3 Å². The predicted molar refractivity (Wildman–Crippen MR) is 125 cm³/mol. The van der Waals surface area contributed by atoms with Crippen molar-refractivity contribution >= 4 is 28.8 Å². The Labute approximate surface area is 185 Å². The number of carbonyl (C=O) groups is 1. The van der Waals surface area contributed by atoms with Gasteiger partial charge in [-0.05, 0) is 55.6 Å². The largest absolute Gasteiger partial charge is 0.478 e. The highest BCUT2D eigenvalue weighted by Gasteiger charge is 2.14. The molecule has 0 aliphatic carbocycles. The first kappa shape index (κ1) is 20.0. The van der Waals surface area contributed by atoms with Crippen LogP contribution >= 0.6 is 0 Å². The van der Waals surface area contributed by atoms with Crippen molar-refractivity contribution < 1.29 is 9.90 Å². The van der Waals surface area contributed by atoms with Crippen LogP contribution in [0.25, 0.3) is 16.8 Å². The molecule has 0 atom stereocenters. The molecule has 1 aliphatic heterocycles. The molecule has 2 aromatic heterocycles. The molecular weight excluding hydrogens is 404 g/mol. The number of likely N-dealkylation sites (N-methyl/N-ethyl adjacent to an activating group) is 1. The van der Waals surface area contributed by atoms with Crippen molar-refractivity contribution in [1.29, 1.82) is 0 Å². The maximum absolute atomic E-state index is 11.3. The number of fused-ring (bicyclic) bond motifs is 1. The SMILES string of the molecule is CN1CCN(c2ccc(Nc3ncc4ccc(-c5cccc(C(=O)O)c5)n4n3)cc2)CC1. The van der Waals surface area contributed by atoms with Gasteiger partial charge in [-0.15, -0.1) is 5.10 Å². The van der Waals surface area contributed by atoms with Crippen molar-refractivity contribution in [3.05, 3.63) is 72.4 Å². The number of hydrogen-bond acceptors (Lipinski definition) is 6. The van der Waals surface area contributed by atoms with Crippen molar-refractivity contribution in [2.45, 2.75) is 0 Å². The molecule has 8 heteroatoms. The minimum Gasteiger partial charge on any atom is -0.478 e. The van der Waals surface area contributed by atoms with Crippen molar-refractivity contribution in [3.8, 4) is 11.3 Å². The van der Waals surface area contributed by atoms with E-state index >= 15 is 0 Å². The van der Waals surface area contributed by atoms with Crippen LogP contribution in [0.1, 0.15) is 10.4 Å². The molecular formula is C24H24N6O2. The summed E-state index contributed by atoms with van der Waals surface area (Å²) in [5.74, 6) is -0.485. The predicted octanol–water partition coefficient (Wildman–Crippen LogP) is 3.59. The van der Waals surface area contributed by atoms with Gasteiger partial charge in [0, 0.05) is 43.1 Å². The zero-order valence-electron chi connectivity index (χ0n) is 17.8. The summed E-state index contributed by atoms with van der Waals surface area (Å²) in [5, 5.41) is 17.2. The van der Waals surface area contributed by atoms with E-state index in [4.69, 9.17) is 0 Å². The molecule has 0 spiro atoms. The van der Waals surface area contributed by atoms with Crippen molar-refractivity contribution in [2.24, 2.45) is 0 Å². The summed E-state index contributed by atoms with van der Waals surface area (Å²) >= 11 is 0. The molecule has 3 heterocycles. The lowest BCUT2D eigenvalue weighted by Gasteiger charge is -2.34. The van der Waals surface area contributed by atoms with Crippen LogP contribution in [0.4, 0.5) is 17.3 Å². The van der Waals surface area contributed by atoms with E-state index < -0.39 is 5.97 Å². The number of hydrogen-bond donors (Lipinski definition) is 2. The van der Waals surface area contributed by atoms with Crippen LogP contribution in [-0.2, 0) is 0 Å². The lowest BCUT2D eigenvalue weighted by Crippen LogP contribution is -2.44.